The largest absolute Gasteiger partial charge is 0.490 e. The number of carbonyl (C=O) groups is 2. The van der Waals surface area contributed by atoms with E-state index in [9.17, 15) is 22.4 Å². The van der Waals surface area contributed by atoms with Gasteiger partial charge >= 0.3 is 12.1 Å². The number of piperidine rings is 1. The third kappa shape index (κ3) is 7.43. The van der Waals surface area contributed by atoms with Crippen LogP contribution in [0.1, 0.15) is 44.1 Å². The van der Waals surface area contributed by atoms with E-state index in [4.69, 9.17) is 14.7 Å². The minimum atomic E-state index is -5.08. The Hall–Kier alpha value is -3.81. The predicted octanol–water partition coefficient (Wildman–Crippen LogP) is 3.19. The maximum atomic E-state index is 13.3. The van der Waals surface area contributed by atoms with Gasteiger partial charge in [0.05, 0.1) is 25.0 Å². The topological polar surface area (TPSA) is 129 Å². The number of nitrogens with zero attached hydrogens (tertiary/aromatic N) is 4. The molecule has 1 aromatic carbocycles. The molecule has 1 spiro atoms. The molecule has 3 aliphatic rings. The SMILES string of the molecule is O=C(NC1CCCC1)C1=NOC2(C1)CN(c1ncc(F)cn1)CCC2NCc1ccccc1.O=C(O)C(F)(F)F. The predicted molar refractivity (Wildman–Crippen MR) is 136 cm³/mol. The van der Waals surface area contributed by atoms with Gasteiger partial charge in [0.2, 0.25) is 5.95 Å². The minimum Gasteiger partial charge on any atom is -0.475 e. The van der Waals surface area contributed by atoms with Gasteiger partial charge in [-0.15, -0.1) is 0 Å². The molecule has 0 radical (unpaired) electrons. The molecule has 1 aliphatic carbocycles. The standard InChI is InChI=1S/C24H29FN6O2.C2HF3O2/c25-18-14-27-23(28-15-18)31-11-10-21(26-13-17-6-2-1-3-7-17)24(16-31)12-20(30-33-24)22(32)29-19-8-4-5-9-19;3-2(4,5)1(6)7/h1-3,6-7,14-15,19,21,26H,4-5,8-13,16H2,(H,29,32);(H,6,7). The molecule has 2 fully saturated rings. The molecule has 1 aromatic heterocycles. The quantitative estimate of drug-likeness (QED) is 0.455. The average Bonchev–Trinajstić information content (AvgIpc) is 3.60. The number of alkyl halides is 3. The van der Waals surface area contributed by atoms with Crippen LogP contribution >= 0.6 is 0 Å². The Kier molecular flexibility index (Phi) is 9.17. The molecule has 1 amide bonds. The van der Waals surface area contributed by atoms with Crippen molar-refractivity contribution in [2.75, 3.05) is 18.0 Å². The van der Waals surface area contributed by atoms with Gasteiger partial charge in [-0.3, -0.25) is 4.79 Å². The molecular weight excluding hydrogens is 536 g/mol. The zero-order chi connectivity index (χ0) is 28.8. The summed E-state index contributed by atoms with van der Waals surface area (Å²) in [5, 5.41) is 18.1. The van der Waals surface area contributed by atoms with Crippen LogP contribution in [0, 0.1) is 5.82 Å². The normalized spacial score (nSPS) is 22.8. The number of rotatable bonds is 6. The van der Waals surface area contributed by atoms with Gasteiger partial charge in [-0.25, -0.2) is 19.2 Å². The molecule has 2 aliphatic heterocycles. The molecule has 3 N–H and O–H groups in total. The summed E-state index contributed by atoms with van der Waals surface area (Å²) in [6, 6.07) is 10.4. The molecule has 1 saturated heterocycles. The van der Waals surface area contributed by atoms with Crippen molar-refractivity contribution in [1.82, 2.24) is 20.6 Å². The lowest BCUT2D eigenvalue weighted by Gasteiger charge is -2.44. The van der Waals surface area contributed by atoms with Gasteiger partial charge in [0, 0.05) is 25.6 Å². The van der Waals surface area contributed by atoms with Crippen LogP contribution in [-0.4, -0.2) is 69.6 Å². The van der Waals surface area contributed by atoms with E-state index in [1.807, 2.05) is 23.1 Å². The number of carboxylic acids is 1. The number of aromatic nitrogens is 2. The molecule has 2 aromatic rings. The molecule has 216 valence electrons. The van der Waals surface area contributed by atoms with Crippen molar-refractivity contribution in [3.8, 4) is 0 Å². The Bertz CT molecular complexity index is 1190. The number of nitrogens with one attached hydrogen (secondary N) is 2. The van der Waals surface area contributed by atoms with E-state index in [1.165, 1.54) is 18.0 Å². The first-order chi connectivity index (χ1) is 19.1. The summed E-state index contributed by atoms with van der Waals surface area (Å²) < 4.78 is 45.1. The third-order valence-corrected chi connectivity index (χ3v) is 7.07. The third-order valence-electron chi connectivity index (χ3n) is 7.07. The second-order valence-electron chi connectivity index (χ2n) is 9.96. The lowest BCUT2D eigenvalue weighted by Crippen LogP contribution is -2.62. The van der Waals surface area contributed by atoms with Crippen LogP contribution in [0.25, 0.3) is 0 Å². The summed E-state index contributed by atoms with van der Waals surface area (Å²) in [7, 11) is 0. The average molecular weight is 567 g/mol. The Morgan fingerprint density at radius 1 is 1.10 bits per heavy atom. The number of anilines is 1. The second kappa shape index (κ2) is 12.6. The summed E-state index contributed by atoms with van der Waals surface area (Å²) in [4.78, 5) is 38.1. The van der Waals surface area contributed by atoms with Gasteiger partial charge in [0.1, 0.15) is 5.71 Å². The second-order valence-corrected chi connectivity index (χ2v) is 9.96. The fourth-order valence-corrected chi connectivity index (χ4v) is 5.05. The number of carboxylic acid groups (broad SMARTS) is 1. The maximum absolute atomic E-state index is 13.3. The van der Waals surface area contributed by atoms with Crippen LogP contribution in [-0.2, 0) is 21.0 Å². The van der Waals surface area contributed by atoms with E-state index in [-0.39, 0.29) is 18.0 Å². The molecule has 1 saturated carbocycles. The first kappa shape index (κ1) is 29.2. The fourth-order valence-electron chi connectivity index (χ4n) is 5.05. The van der Waals surface area contributed by atoms with Crippen molar-refractivity contribution in [3.63, 3.8) is 0 Å². The van der Waals surface area contributed by atoms with E-state index in [2.05, 4.69) is 37.9 Å². The van der Waals surface area contributed by atoms with E-state index in [0.29, 0.717) is 37.7 Å². The summed E-state index contributed by atoms with van der Waals surface area (Å²) in [6.45, 7) is 1.83. The molecule has 2 unspecified atom stereocenters. The van der Waals surface area contributed by atoms with Crippen LogP contribution in [0.5, 0.6) is 0 Å². The minimum absolute atomic E-state index is 0.0186. The van der Waals surface area contributed by atoms with E-state index in [0.717, 1.165) is 32.1 Å². The molecule has 3 heterocycles. The Labute approximate surface area is 227 Å². The first-order valence-corrected chi connectivity index (χ1v) is 12.9. The lowest BCUT2D eigenvalue weighted by molar-refractivity contribution is -0.192. The highest BCUT2D eigenvalue weighted by Crippen LogP contribution is 2.35. The number of hydrogen-bond acceptors (Lipinski definition) is 8. The number of aliphatic carboxylic acids is 1. The van der Waals surface area contributed by atoms with Crippen molar-refractivity contribution in [1.29, 1.82) is 0 Å². The lowest BCUT2D eigenvalue weighted by atomic mass is 9.83. The summed E-state index contributed by atoms with van der Waals surface area (Å²) in [5.74, 6) is -2.92. The summed E-state index contributed by atoms with van der Waals surface area (Å²) >= 11 is 0. The molecule has 14 heteroatoms. The highest BCUT2D eigenvalue weighted by Gasteiger charge is 2.51. The number of oxime groups is 1. The van der Waals surface area contributed by atoms with Crippen molar-refractivity contribution in [2.24, 2.45) is 5.16 Å². The smallest absolute Gasteiger partial charge is 0.475 e. The molecule has 2 atom stereocenters. The highest BCUT2D eigenvalue weighted by molar-refractivity contribution is 6.39. The molecule has 0 bridgehead atoms. The van der Waals surface area contributed by atoms with Crippen molar-refractivity contribution in [2.45, 2.75) is 68.9 Å². The fraction of sp³-hybridized carbons (Fsp3) is 0.500. The van der Waals surface area contributed by atoms with Crippen LogP contribution < -0.4 is 15.5 Å². The van der Waals surface area contributed by atoms with Gasteiger partial charge in [0.25, 0.3) is 5.91 Å². The monoisotopic (exact) mass is 566 g/mol. The van der Waals surface area contributed by atoms with Gasteiger partial charge in [0.15, 0.2) is 11.4 Å². The van der Waals surface area contributed by atoms with Crippen LogP contribution in [0.2, 0.25) is 0 Å². The van der Waals surface area contributed by atoms with E-state index < -0.39 is 23.6 Å². The van der Waals surface area contributed by atoms with Gasteiger partial charge in [-0.05, 0) is 24.8 Å². The Morgan fingerprint density at radius 2 is 1.75 bits per heavy atom. The van der Waals surface area contributed by atoms with Crippen LogP contribution in [0.3, 0.4) is 0 Å². The maximum Gasteiger partial charge on any atom is 0.490 e. The number of hydrogen-bond donors (Lipinski definition) is 3. The zero-order valence-corrected chi connectivity index (χ0v) is 21.5. The van der Waals surface area contributed by atoms with Crippen molar-refractivity contribution >= 4 is 23.5 Å². The molecule has 10 nitrogen and oxygen atoms in total. The van der Waals surface area contributed by atoms with Crippen molar-refractivity contribution < 1.29 is 37.1 Å². The Morgan fingerprint density at radius 3 is 2.38 bits per heavy atom. The van der Waals surface area contributed by atoms with Gasteiger partial charge < -0.3 is 25.5 Å². The highest BCUT2D eigenvalue weighted by atomic mass is 19.4. The molecule has 5 rings (SSSR count). The van der Waals surface area contributed by atoms with Gasteiger partial charge in [-0.1, -0.05) is 48.3 Å². The van der Waals surface area contributed by atoms with E-state index in [1.54, 1.807) is 0 Å². The van der Waals surface area contributed by atoms with Crippen molar-refractivity contribution in [3.05, 3.63) is 54.1 Å². The number of amides is 1. The van der Waals surface area contributed by atoms with Gasteiger partial charge in [-0.2, -0.15) is 13.2 Å². The number of benzene rings is 1. The summed E-state index contributed by atoms with van der Waals surface area (Å²) in [5.41, 5.74) is 0.873. The van der Waals surface area contributed by atoms with E-state index >= 15 is 0 Å². The summed E-state index contributed by atoms with van der Waals surface area (Å²) in [6.07, 6.45) is 2.73. The Balaban J connectivity index is 0.000000470. The number of halogens is 4. The molecule has 40 heavy (non-hydrogen) atoms. The first-order valence-electron chi connectivity index (χ1n) is 12.9. The zero-order valence-electron chi connectivity index (χ0n) is 21.5. The van der Waals surface area contributed by atoms with Crippen LogP contribution in [0.15, 0.2) is 47.9 Å². The van der Waals surface area contributed by atoms with Crippen LogP contribution in [0.4, 0.5) is 23.5 Å². The number of carbonyl (C=O) groups excluding carboxylic acids is 1. The molecular formula is C26H30F4N6O4.